The highest BCUT2D eigenvalue weighted by atomic mass is 19.1. The summed E-state index contributed by atoms with van der Waals surface area (Å²) in [6, 6.07) is 5.06. The van der Waals surface area contributed by atoms with Crippen molar-refractivity contribution in [3.8, 4) is 0 Å². The molecule has 0 unspecified atom stereocenters. The Bertz CT molecular complexity index is 973. The van der Waals surface area contributed by atoms with Crippen molar-refractivity contribution in [2.75, 3.05) is 31.1 Å². The molecule has 0 bridgehead atoms. The molecule has 1 aromatic heterocycles. The summed E-state index contributed by atoms with van der Waals surface area (Å²) in [6.07, 6.45) is 3.99. The predicted octanol–water partition coefficient (Wildman–Crippen LogP) is 4.15. The van der Waals surface area contributed by atoms with E-state index in [0.717, 1.165) is 37.3 Å². The highest BCUT2D eigenvalue weighted by Gasteiger charge is 2.34. The SMILES string of the molecule is Cc1ccc(N2CCC(C(=O)N3CCC(C(=O)c4c(F)cc(F)cc4F)CC3)CC2)nc1. The zero-order valence-electron chi connectivity index (χ0n) is 18.0. The van der Waals surface area contributed by atoms with Crippen LogP contribution < -0.4 is 4.90 Å². The maximum Gasteiger partial charge on any atom is 0.225 e. The number of carbonyl (C=O) groups excluding carboxylic acids is 2. The van der Waals surface area contributed by atoms with E-state index in [1.807, 2.05) is 25.3 Å². The Kier molecular flexibility index (Phi) is 6.48. The molecule has 2 aliphatic rings. The number of amides is 1. The Morgan fingerprint density at radius 2 is 1.50 bits per heavy atom. The van der Waals surface area contributed by atoms with E-state index in [0.29, 0.717) is 38.1 Å². The number of carbonyl (C=O) groups is 2. The molecule has 1 aromatic carbocycles. The van der Waals surface area contributed by atoms with E-state index in [-0.39, 0.29) is 11.8 Å². The van der Waals surface area contributed by atoms with Crippen molar-refractivity contribution >= 4 is 17.5 Å². The van der Waals surface area contributed by atoms with Gasteiger partial charge in [0.1, 0.15) is 23.3 Å². The summed E-state index contributed by atoms with van der Waals surface area (Å²) in [5.41, 5.74) is 0.416. The van der Waals surface area contributed by atoms with Crippen LogP contribution >= 0.6 is 0 Å². The van der Waals surface area contributed by atoms with Crippen molar-refractivity contribution in [1.29, 1.82) is 0 Å². The van der Waals surface area contributed by atoms with E-state index in [4.69, 9.17) is 0 Å². The number of halogens is 3. The molecular formula is C24H26F3N3O2. The molecule has 5 nitrogen and oxygen atoms in total. The van der Waals surface area contributed by atoms with Gasteiger partial charge in [0.2, 0.25) is 5.91 Å². The van der Waals surface area contributed by atoms with Crippen LogP contribution in [-0.2, 0) is 4.79 Å². The van der Waals surface area contributed by atoms with Gasteiger partial charge in [-0.2, -0.15) is 0 Å². The minimum absolute atomic E-state index is 0.0732. The summed E-state index contributed by atoms with van der Waals surface area (Å²) in [6.45, 7) is 4.25. The smallest absolute Gasteiger partial charge is 0.225 e. The number of hydrogen-bond acceptors (Lipinski definition) is 4. The van der Waals surface area contributed by atoms with Gasteiger partial charge >= 0.3 is 0 Å². The number of aryl methyl sites for hydroxylation is 1. The average molecular weight is 445 g/mol. The van der Waals surface area contributed by atoms with Gasteiger partial charge in [-0.15, -0.1) is 0 Å². The first-order valence-electron chi connectivity index (χ1n) is 11.0. The number of benzene rings is 1. The molecule has 170 valence electrons. The molecule has 8 heteroatoms. The van der Waals surface area contributed by atoms with Gasteiger partial charge in [-0.3, -0.25) is 9.59 Å². The summed E-state index contributed by atoms with van der Waals surface area (Å²) >= 11 is 0. The first-order chi connectivity index (χ1) is 15.3. The first-order valence-corrected chi connectivity index (χ1v) is 11.0. The zero-order chi connectivity index (χ0) is 22.8. The summed E-state index contributed by atoms with van der Waals surface area (Å²) < 4.78 is 41.1. The number of rotatable bonds is 4. The molecule has 3 heterocycles. The van der Waals surface area contributed by atoms with Crippen LogP contribution in [0.25, 0.3) is 0 Å². The molecule has 2 aromatic rings. The van der Waals surface area contributed by atoms with Crippen LogP contribution in [0.3, 0.4) is 0 Å². The van der Waals surface area contributed by atoms with Gasteiger partial charge in [-0.05, 0) is 44.2 Å². The normalized spacial score (nSPS) is 18.1. The van der Waals surface area contributed by atoms with E-state index >= 15 is 0 Å². The quantitative estimate of drug-likeness (QED) is 0.664. The van der Waals surface area contributed by atoms with E-state index in [1.165, 1.54) is 0 Å². The van der Waals surface area contributed by atoms with Crippen LogP contribution in [0, 0.1) is 36.2 Å². The number of aromatic nitrogens is 1. The van der Waals surface area contributed by atoms with Crippen molar-refractivity contribution < 1.29 is 22.8 Å². The molecule has 1 amide bonds. The molecule has 32 heavy (non-hydrogen) atoms. The van der Waals surface area contributed by atoms with Gasteiger partial charge in [-0.1, -0.05) is 6.07 Å². The van der Waals surface area contributed by atoms with Crippen LogP contribution in [0.15, 0.2) is 30.5 Å². The van der Waals surface area contributed by atoms with Crippen molar-refractivity contribution in [1.82, 2.24) is 9.88 Å². The standard InChI is InChI=1S/C24H26F3N3O2/c1-15-2-3-21(28-14-15)29-8-6-17(7-9-29)24(32)30-10-4-16(5-11-30)23(31)22-19(26)12-18(25)13-20(22)27/h2-3,12-14,16-17H,4-11H2,1H3. The fourth-order valence-electron chi connectivity index (χ4n) is 4.60. The number of anilines is 1. The van der Waals surface area contributed by atoms with Crippen LogP contribution in [0.1, 0.15) is 41.6 Å². The molecular weight excluding hydrogens is 419 g/mol. The molecule has 2 fully saturated rings. The largest absolute Gasteiger partial charge is 0.357 e. The minimum Gasteiger partial charge on any atom is -0.357 e. The lowest BCUT2D eigenvalue weighted by Crippen LogP contribution is -2.46. The molecule has 0 N–H and O–H groups in total. The van der Waals surface area contributed by atoms with Gasteiger partial charge in [-0.25, -0.2) is 18.2 Å². The van der Waals surface area contributed by atoms with Crippen LogP contribution in [0.5, 0.6) is 0 Å². The van der Waals surface area contributed by atoms with Crippen LogP contribution in [0.4, 0.5) is 19.0 Å². The molecule has 0 spiro atoms. The van der Waals surface area contributed by atoms with Gasteiger partial charge in [0, 0.05) is 56.3 Å². The maximum absolute atomic E-state index is 14.0. The Hall–Kier alpha value is -2.90. The summed E-state index contributed by atoms with van der Waals surface area (Å²) in [4.78, 5) is 34.0. The monoisotopic (exact) mass is 445 g/mol. The molecule has 0 radical (unpaired) electrons. The van der Waals surface area contributed by atoms with Crippen LogP contribution in [0.2, 0.25) is 0 Å². The summed E-state index contributed by atoms with van der Waals surface area (Å²) in [7, 11) is 0. The number of hydrogen-bond donors (Lipinski definition) is 0. The van der Waals surface area contributed by atoms with Crippen molar-refractivity contribution in [2.45, 2.75) is 32.6 Å². The fourth-order valence-corrected chi connectivity index (χ4v) is 4.60. The first kappa shape index (κ1) is 22.3. The second-order valence-corrected chi connectivity index (χ2v) is 8.66. The van der Waals surface area contributed by atoms with Crippen molar-refractivity contribution in [2.24, 2.45) is 11.8 Å². The third kappa shape index (κ3) is 4.64. The lowest BCUT2D eigenvalue weighted by Gasteiger charge is -2.37. The van der Waals surface area contributed by atoms with E-state index in [1.54, 1.807) is 4.90 Å². The van der Waals surface area contributed by atoms with Crippen molar-refractivity contribution in [3.05, 3.63) is 59.0 Å². The topological polar surface area (TPSA) is 53.5 Å². The zero-order valence-corrected chi connectivity index (χ0v) is 18.0. The minimum atomic E-state index is -1.18. The third-order valence-corrected chi connectivity index (χ3v) is 6.49. The number of likely N-dealkylation sites (tertiary alicyclic amines) is 1. The molecule has 0 atom stereocenters. The average Bonchev–Trinajstić information content (AvgIpc) is 2.78. The molecule has 0 aliphatic carbocycles. The fraction of sp³-hybridized carbons (Fsp3) is 0.458. The second-order valence-electron chi connectivity index (χ2n) is 8.66. The predicted molar refractivity (Wildman–Crippen MR) is 114 cm³/mol. The lowest BCUT2D eigenvalue weighted by atomic mass is 9.87. The highest BCUT2D eigenvalue weighted by molar-refractivity contribution is 5.98. The van der Waals surface area contributed by atoms with E-state index in [2.05, 4.69) is 9.88 Å². The molecule has 2 aliphatic heterocycles. The number of pyridine rings is 1. The second kappa shape index (κ2) is 9.30. The number of nitrogens with zero attached hydrogens (tertiary/aromatic N) is 3. The molecule has 0 saturated carbocycles. The Labute approximate surface area is 185 Å². The Morgan fingerprint density at radius 1 is 0.906 bits per heavy atom. The van der Waals surface area contributed by atoms with Crippen LogP contribution in [-0.4, -0.2) is 47.8 Å². The van der Waals surface area contributed by atoms with Gasteiger partial charge < -0.3 is 9.80 Å². The Balaban J connectivity index is 1.30. The number of Topliss-reactive ketones (excluding diaryl/α,β-unsaturated/α-hetero) is 1. The molecule has 4 rings (SSSR count). The van der Waals surface area contributed by atoms with E-state index in [9.17, 15) is 22.8 Å². The summed E-state index contributed by atoms with van der Waals surface area (Å²) in [5.74, 6) is -3.74. The highest BCUT2D eigenvalue weighted by Crippen LogP contribution is 2.28. The van der Waals surface area contributed by atoms with Crippen molar-refractivity contribution in [3.63, 3.8) is 0 Å². The maximum atomic E-state index is 14.0. The molecule has 2 saturated heterocycles. The van der Waals surface area contributed by atoms with E-state index < -0.39 is 34.7 Å². The van der Waals surface area contributed by atoms with Gasteiger partial charge in [0.15, 0.2) is 5.78 Å². The summed E-state index contributed by atoms with van der Waals surface area (Å²) in [5, 5.41) is 0. The Morgan fingerprint density at radius 3 is 2.06 bits per heavy atom. The third-order valence-electron chi connectivity index (χ3n) is 6.49. The number of piperidine rings is 2. The lowest BCUT2D eigenvalue weighted by molar-refractivity contribution is -0.137. The van der Waals surface area contributed by atoms with Gasteiger partial charge in [0.25, 0.3) is 0 Å². The number of ketones is 1. The van der Waals surface area contributed by atoms with Gasteiger partial charge in [0.05, 0.1) is 5.56 Å².